The van der Waals surface area contributed by atoms with E-state index in [1.165, 1.54) is 5.56 Å². The smallest absolute Gasteiger partial charge is 0.322 e. The lowest BCUT2D eigenvalue weighted by Crippen LogP contribution is -2.67. The maximum Gasteiger partial charge on any atom is 0.322 e. The van der Waals surface area contributed by atoms with Gasteiger partial charge in [0.2, 0.25) is 0 Å². The van der Waals surface area contributed by atoms with Crippen molar-refractivity contribution < 1.29 is 14.6 Å². The predicted octanol–water partition coefficient (Wildman–Crippen LogP) is 3.69. The first-order chi connectivity index (χ1) is 14.6. The van der Waals surface area contributed by atoms with Gasteiger partial charge in [0.05, 0.1) is 13.7 Å². The Morgan fingerprint density at radius 3 is 2.50 bits per heavy atom. The quantitative estimate of drug-likeness (QED) is 0.667. The molecule has 2 aliphatic rings. The number of rotatable bonds is 4. The third kappa shape index (κ3) is 4.24. The van der Waals surface area contributed by atoms with Gasteiger partial charge in [-0.2, -0.15) is 0 Å². The molecule has 30 heavy (non-hydrogen) atoms. The van der Waals surface area contributed by atoms with Crippen LogP contribution in [0.25, 0.3) is 0 Å². The number of fused-ring (bicyclic) bond motifs is 1. The Hall–Kier alpha value is -2.35. The van der Waals surface area contributed by atoms with E-state index in [2.05, 4.69) is 44.4 Å². The summed E-state index contributed by atoms with van der Waals surface area (Å²) in [7, 11) is 1.62. The van der Waals surface area contributed by atoms with E-state index in [0.29, 0.717) is 13.1 Å². The second-order valence-electron chi connectivity index (χ2n) is 7.63. The van der Waals surface area contributed by atoms with Crippen molar-refractivity contribution >= 4 is 27.6 Å². The van der Waals surface area contributed by atoms with Crippen LogP contribution in [0.5, 0.6) is 5.75 Å². The topological polar surface area (TPSA) is 65.0 Å². The number of ether oxygens (including phenoxy) is 1. The Morgan fingerprint density at radius 2 is 1.83 bits per heavy atom. The number of halogens is 1. The average Bonchev–Trinajstić information content (AvgIpc) is 2.74. The molecule has 1 fully saturated rings. The summed E-state index contributed by atoms with van der Waals surface area (Å²) in [5.74, 6) is 0.936. The maximum absolute atomic E-state index is 13.0. The number of anilines is 1. The summed E-state index contributed by atoms with van der Waals surface area (Å²) in [6.07, 6.45) is 4.10. The number of aliphatic hydroxyl groups is 1. The lowest BCUT2D eigenvalue weighted by Gasteiger charge is -2.56. The Labute approximate surface area is 185 Å². The molecule has 0 unspecified atom stereocenters. The number of aliphatic hydroxyl groups excluding tert-OH is 1. The van der Waals surface area contributed by atoms with Crippen molar-refractivity contribution in [2.75, 3.05) is 38.7 Å². The predicted molar refractivity (Wildman–Crippen MR) is 121 cm³/mol. The highest BCUT2D eigenvalue weighted by Crippen LogP contribution is 2.41. The number of carbonyl (C=O) groups excluding carboxylic acids is 1. The van der Waals surface area contributed by atoms with Crippen LogP contribution < -0.4 is 10.1 Å². The number of hydrogen-bond acceptors (Lipinski definition) is 4. The zero-order valence-corrected chi connectivity index (χ0v) is 18.5. The van der Waals surface area contributed by atoms with Crippen LogP contribution in [-0.2, 0) is 0 Å². The highest BCUT2D eigenvalue weighted by Gasteiger charge is 2.49. The molecular weight excluding hydrogens is 446 g/mol. The molecule has 4 rings (SSSR count). The van der Waals surface area contributed by atoms with Gasteiger partial charge in [0, 0.05) is 47.8 Å². The number of hydrogen-bond donors (Lipinski definition) is 2. The number of amides is 2. The summed E-state index contributed by atoms with van der Waals surface area (Å²) in [6, 6.07) is 15.7. The van der Waals surface area contributed by atoms with E-state index in [4.69, 9.17) is 4.74 Å². The van der Waals surface area contributed by atoms with Gasteiger partial charge < -0.3 is 20.1 Å². The van der Waals surface area contributed by atoms with Crippen molar-refractivity contribution in [2.24, 2.45) is 0 Å². The molecule has 1 saturated heterocycles. The van der Waals surface area contributed by atoms with E-state index < -0.39 is 0 Å². The van der Waals surface area contributed by atoms with E-state index in [0.717, 1.165) is 22.5 Å². The molecule has 158 valence electrons. The van der Waals surface area contributed by atoms with Crippen molar-refractivity contribution in [3.8, 4) is 5.75 Å². The van der Waals surface area contributed by atoms with Gasteiger partial charge in [-0.15, -0.1) is 0 Å². The molecule has 6 nitrogen and oxygen atoms in total. The number of urea groups is 1. The molecule has 0 bridgehead atoms. The number of carbonyl (C=O) groups is 1. The van der Waals surface area contributed by atoms with Crippen LogP contribution in [0, 0.1) is 0 Å². The highest BCUT2D eigenvalue weighted by atomic mass is 79.9. The lowest BCUT2D eigenvalue weighted by atomic mass is 9.74. The highest BCUT2D eigenvalue weighted by molar-refractivity contribution is 9.10. The molecule has 2 aliphatic heterocycles. The first-order valence-corrected chi connectivity index (χ1v) is 10.9. The van der Waals surface area contributed by atoms with Gasteiger partial charge in [0.1, 0.15) is 5.75 Å². The summed E-state index contributed by atoms with van der Waals surface area (Å²) in [6.45, 7) is 2.05. The molecule has 2 amide bonds. The second-order valence-corrected chi connectivity index (χ2v) is 8.54. The van der Waals surface area contributed by atoms with E-state index >= 15 is 0 Å². The van der Waals surface area contributed by atoms with Crippen LogP contribution in [0.1, 0.15) is 11.5 Å². The Balaban J connectivity index is 1.51. The number of nitrogens with zero attached hydrogens (tertiary/aromatic N) is 2. The molecule has 0 aliphatic carbocycles. The van der Waals surface area contributed by atoms with Crippen LogP contribution in [-0.4, -0.2) is 66.4 Å². The minimum absolute atomic E-state index is 0.0606. The van der Waals surface area contributed by atoms with Crippen LogP contribution in [0.4, 0.5) is 10.5 Å². The lowest BCUT2D eigenvalue weighted by molar-refractivity contribution is -0.0443. The fraction of sp³-hybridized carbons (Fsp3) is 0.348. The fourth-order valence-electron chi connectivity index (χ4n) is 4.39. The molecule has 0 saturated carbocycles. The third-order valence-corrected chi connectivity index (χ3v) is 6.50. The molecule has 2 N–H and O–H groups in total. The van der Waals surface area contributed by atoms with Gasteiger partial charge in [-0.25, -0.2) is 4.79 Å². The van der Waals surface area contributed by atoms with Crippen molar-refractivity contribution in [1.29, 1.82) is 0 Å². The molecule has 0 radical (unpaired) electrons. The first-order valence-electron chi connectivity index (χ1n) is 10.1. The summed E-state index contributed by atoms with van der Waals surface area (Å²) in [5, 5.41) is 13.0. The fourth-order valence-corrected chi connectivity index (χ4v) is 4.66. The largest absolute Gasteiger partial charge is 0.497 e. The van der Waals surface area contributed by atoms with Crippen LogP contribution in [0.15, 0.2) is 65.2 Å². The summed E-state index contributed by atoms with van der Waals surface area (Å²) in [5.41, 5.74) is 1.92. The minimum atomic E-state index is -0.131. The summed E-state index contributed by atoms with van der Waals surface area (Å²) >= 11 is 3.49. The van der Waals surface area contributed by atoms with Gasteiger partial charge in [-0.05, 0) is 42.0 Å². The van der Waals surface area contributed by atoms with Crippen molar-refractivity contribution in [1.82, 2.24) is 9.80 Å². The van der Waals surface area contributed by atoms with Gasteiger partial charge >= 0.3 is 6.03 Å². The summed E-state index contributed by atoms with van der Waals surface area (Å²) in [4.78, 5) is 17.1. The molecule has 7 heteroatoms. The normalized spacial score (nSPS) is 24.8. The van der Waals surface area contributed by atoms with Crippen molar-refractivity contribution in [3.05, 3.63) is 70.7 Å². The molecular formula is C23H26BrN3O3. The SMILES string of the molecule is COc1ccc(NC(=O)N2C/C=C\CN3[C@H](CO)[C@H](c4ccc(Br)cc4)[C@@H]3C2)cc1. The Kier molecular flexibility index (Phi) is 6.41. The minimum Gasteiger partial charge on any atom is -0.497 e. The van der Waals surface area contributed by atoms with E-state index in [9.17, 15) is 9.90 Å². The Morgan fingerprint density at radius 1 is 1.13 bits per heavy atom. The molecule has 2 aromatic rings. The zero-order chi connectivity index (χ0) is 21.1. The van der Waals surface area contributed by atoms with E-state index in [1.807, 2.05) is 47.4 Å². The maximum atomic E-state index is 13.0. The number of benzene rings is 2. The monoisotopic (exact) mass is 471 g/mol. The van der Waals surface area contributed by atoms with Gasteiger partial charge in [-0.1, -0.05) is 40.2 Å². The number of methoxy groups -OCH3 is 1. The van der Waals surface area contributed by atoms with Crippen molar-refractivity contribution in [3.63, 3.8) is 0 Å². The van der Waals surface area contributed by atoms with Crippen LogP contribution >= 0.6 is 15.9 Å². The van der Waals surface area contributed by atoms with Gasteiger partial charge in [0.25, 0.3) is 0 Å². The van der Waals surface area contributed by atoms with Crippen LogP contribution in [0.3, 0.4) is 0 Å². The first kappa shape index (κ1) is 20.9. The summed E-state index contributed by atoms with van der Waals surface area (Å²) < 4.78 is 6.21. The van der Waals surface area contributed by atoms with Crippen LogP contribution in [0.2, 0.25) is 0 Å². The third-order valence-electron chi connectivity index (χ3n) is 5.97. The average molecular weight is 472 g/mol. The molecule has 0 spiro atoms. The number of nitrogens with one attached hydrogen (secondary N) is 1. The van der Waals surface area contributed by atoms with E-state index in [-0.39, 0.29) is 30.6 Å². The molecule has 0 aromatic heterocycles. The van der Waals surface area contributed by atoms with Crippen molar-refractivity contribution in [2.45, 2.75) is 18.0 Å². The Bertz CT molecular complexity index is 901. The molecule has 2 aromatic carbocycles. The molecule has 3 atom stereocenters. The zero-order valence-electron chi connectivity index (χ0n) is 16.9. The molecule has 2 heterocycles. The van der Waals surface area contributed by atoms with E-state index in [1.54, 1.807) is 7.11 Å². The standard InChI is InChI=1S/C23H26BrN3O3/c1-30-19-10-8-18(9-11-19)25-23(29)26-12-2-3-13-27-20(14-26)22(21(27)15-28)16-4-6-17(24)7-5-16/h2-11,20-22,28H,12-15H2,1H3,(H,25,29)/b3-2-/t20-,21+,22+/m0/s1. The van der Waals surface area contributed by atoms with Gasteiger partial charge in [0.15, 0.2) is 0 Å². The van der Waals surface area contributed by atoms with Gasteiger partial charge in [-0.3, -0.25) is 4.90 Å². The second kappa shape index (κ2) is 9.20.